The summed E-state index contributed by atoms with van der Waals surface area (Å²) in [5, 5.41) is 3.13. The van der Waals surface area contributed by atoms with Crippen molar-refractivity contribution in [3.63, 3.8) is 0 Å². The van der Waals surface area contributed by atoms with Crippen molar-refractivity contribution >= 4 is 11.8 Å². The van der Waals surface area contributed by atoms with E-state index in [1.807, 2.05) is 23.2 Å². The molecule has 6 heteroatoms. The molecule has 6 nitrogen and oxygen atoms in total. The molecule has 3 heterocycles. The molecule has 3 fully saturated rings. The lowest BCUT2D eigenvalue weighted by Gasteiger charge is -2.30. The smallest absolute Gasteiger partial charge is 0.225 e. The van der Waals surface area contributed by atoms with Crippen LogP contribution in [0.25, 0.3) is 0 Å². The molecule has 24 heavy (non-hydrogen) atoms. The third-order valence-corrected chi connectivity index (χ3v) is 5.19. The highest BCUT2D eigenvalue weighted by atomic mass is 16.5. The summed E-state index contributed by atoms with van der Waals surface area (Å²) in [5.41, 5.74) is 1.00. The van der Waals surface area contributed by atoms with Crippen LogP contribution in [0.15, 0.2) is 24.5 Å². The molecule has 128 valence electrons. The molecule has 3 atom stereocenters. The second-order valence-electron chi connectivity index (χ2n) is 7.00. The highest BCUT2D eigenvalue weighted by molar-refractivity contribution is 5.84. The summed E-state index contributed by atoms with van der Waals surface area (Å²) < 4.78 is 5.42. The van der Waals surface area contributed by atoms with E-state index in [1.165, 1.54) is 0 Å². The summed E-state index contributed by atoms with van der Waals surface area (Å²) in [6, 6.07) is 3.91. The van der Waals surface area contributed by atoms with Crippen LogP contribution in [0.5, 0.6) is 0 Å². The quantitative estimate of drug-likeness (QED) is 0.907. The minimum Gasteiger partial charge on any atom is -0.381 e. The average molecular weight is 329 g/mol. The number of carbonyl (C=O) groups excluding carboxylic acids is 2. The summed E-state index contributed by atoms with van der Waals surface area (Å²) in [4.78, 5) is 31.3. The zero-order chi connectivity index (χ0) is 16.5. The fourth-order valence-electron chi connectivity index (χ4n) is 3.86. The Morgan fingerprint density at radius 1 is 1.33 bits per heavy atom. The molecule has 0 aromatic carbocycles. The standard InChI is InChI=1S/C18H23N3O3/c22-16-9-15(20-18(23)13-4-2-8-24-11-13)17(21(16)14-5-6-14)12-3-1-7-19-10-12/h1,3,7,10,13-15,17H,2,4-6,8-9,11H2,(H,20,23)/t13?,15-,17+/m1/s1. The number of nitrogens with one attached hydrogen (secondary N) is 1. The highest BCUT2D eigenvalue weighted by Gasteiger charge is 2.48. The SMILES string of the molecule is O=C(N[C@@H]1CC(=O)N(C2CC2)[C@H]1c1cccnc1)C1CCCOC1. The van der Waals surface area contributed by atoms with Crippen LogP contribution in [-0.2, 0) is 14.3 Å². The van der Waals surface area contributed by atoms with Gasteiger partial charge in [-0.25, -0.2) is 0 Å². The van der Waals surface area contributed by atoms with Crippen molar-refractivity contribution in [2.75, 3.05) is 13.2 Å². The molecule has 2 aliphatic heterocycles. The summed E-state index contributed by atoms with van der Waals surface area (Å²) >= 11 is 0. The lowest BCUT2D eigenvalue weighted by molar-refractivity contribution is -0.130. The predicted molar refractivity (Wildman–Crippen MR) is 86.9 cm³/mol. The maximum atomic E-state index is 12.6. The van der Waals surface area contributed by atoms with Gasteiger partial charge in [0.05, 0.1) is 24.6 Å². The first-order valence-electron chi connectivity index (χ1n) is 8.83. The van der Waals surface area contributed by atoms with Crippen molar-refractivity contribution < 1.29 is 14.3 Å². The van der Waals surface area contributed by atoms with Gasteiger partial charge in [0.25, 0.3) is 0 Å². The predicted octanol–water partition coefficient (Wildman–Crippen LogP) is 1.43. The first kappa shape index (κ1) is 15.6. The monoisotopic (exact) mass is 329 g/mol. The molecule has 1 saturated carbocycles. The van der Waals surface area contributed by atoms with Crippen LogP contribution in [-0.4, -0.2) is 47.0 Å². The van der Waals surface area contributed by atoms with Gasteiger partial charge in [0, 0.05) is 31.5 Å². The van der Waals surface area contributed by atoms with Gasteiger partial charge in [-0.3, -0.25) is 14.6 Å². The summed E-state index contributed by atoms with van der Waals surface area (Å²) in [5.74, 6) is 0.0500. The Hall–Kier alpha value is -1.95. The molecule has 1 aliphatic carbocycles. The molecule has 2 amide bonds. The van der Waals surface area contributed by atoms with Crippen LogP contribution >= 0.6 is 0 Å². The molecular formula is C18H23N3O3. The van der Waals surface area contributed by atoms with E-state index in [0.29, 0.717) is 19.1 Å². The second kappa shape index (κ2) is 6.51. The van der Waals surface area contributed by atoms with Crippen LogP contribution in [0.4, 0.5) is 0 Å². The Morgan fingerprint density at radius 2 is 2.21 bits per heavy atom. The van der Waals surface area contributed by atoms with Gasteiger partial charge in [0.2, 0.25) is 11.8 Å². The first-order valence-corrected chi connectivity index (χ1v) is 8.83. The van der Waals surface area contributed by atoms with Gasteiger partial charge < -0.3 is 15.0 Å². The van der Waals surface area contributed by atoms with Crippen molar-refractivity contribution in [3.05, 3.63) is 30.1 Å². The van der Waals surface area contributed by atoms with E-state index < -0.39 is 0 Å². The highest BCUT2D eigenvalue weighted by Crippen LogP contribution is 2.41. The van der Waals surface area contributed by atoms with Crippen molar-refractivity contribution in [2.45, 2.75) is 50.2 Å². The largest absolute Gasteiger partial charge is 0.381 e. The number of hydrogen-bond donors (Lipinski definition) is 1. The van der Waals surface area contributed by atoms with Gasteiger partial charge in [-0.05, 0) is 37.3 Å². The zero-order valence-electron chi connectivity index (χ0n) is 13.7. The van der Waals surface area contributed by atoms with Crippen molar-refractivity contribution in [1.29, 1.82) is 0 Å². The third kappa shape index (κ3) is 3.02. The number of nitrogens with zero attached hydrogens (tertiary/aromatic N) is 2. The fraction of sp³-hybridized carbons (Fsp3) is 0.611. The van der Waals surface area contributed by atoms with Crippen molar-refractivity contribution in [3.8, 4) is 0 Å². The molecule has 3 aliphatic rings. The molecule has 4 rings (SSSR count). The Labute approximate surface area is 141 Å². The zero-order valence-corrected chi connectivity index (χ0v) is 13.7. The minimum atomic E-state index is -0.184. The lowest BCUT2D eigenvalue weighted by Crippen LogP contribution is -2.44. The van der Waals surface area contributed by atoms with E-state index >= 15 is 0 Å². The number of aromatic nitrogens is 1. The number of ether oxygens (including phenoxy) is 1. The van der Waals surface area contributed by atoms with Gasteiger partial charge >= 0.3 is 0 Å². The molecule has 1 aromatic rings. The van der Waals surface area contributed by atoms with Gasteiger partial charge in [0.1, 0.15) is 0 Å². The Morgan fingerprint density at radius 3 is 2.88 bits per heavy atom. The fourth-order valence-corrected chi connectivity index (χ4v) is 3.86. The van der Waals surface area contributed by atoms with Crippen molar-refractivity contribution in [2.24, 2.45) is 5.92 Å². The topological polar surface area (TPSA) is 71.5 Å². The summed E-state index contributed by atoms with van der Waals surface area (Å²) in [6.07, 6.45) is 7.79. The Kier molecular flexibility index (Phi) is 4.22. The van der Waals surface area contributed by atoms with Crippen LogP contribution in [0.3, 0.4) is 0 Å². The van der Waals surface area contributed by atoms with E-state index in [9.17, 15) is 9.59 Å². The maximum absolute atomic E-state index is 12.6. The number of rotatable bonds is 4. The summed E-state index contributed by atoms with van der Waals surface area (Å²) in [6.45, 7) is 1.22. The molecule has 0 bridgehead atoms. The van der Waals surface area contributed by atoms with E-state index in [1.54, 1.807) is 6.20 Å². The van der Waals surface area contributed by atoms with Crippen molar-refractivity contribution in [1.82, 2.24) is 15.2 Å². The van der Waals surface area contributed by atoms with E-state index in [2.05, 4.69) is 10.3 Å². The number of likely N-dealkylation sites (tertiary alicyclic amines) is 1. The number of amides is 2. The van der Waals surface area contributed by atoms with Crippen LogP contribution in [0.1, 0.15) is 43.7 Å². The number of pyridine rings is 1. The van der Waals surface area contributed by atoms with Gasteiger partial charge in [0.15, 0.2) is 0 Å². The lowest BCUT2D eigenvalue weighted by atomic mass is 9.98. The second-order valence-corrected chi connectivity index (χ2v) is 7.00. The van der Waals surface area contributed by atoms with Gasteiger partial charge in [-0.15, -0.1) is 0 Å². The molecular weight excluding hydrogens is 306 g/mol. The first-order chi connectivity index (χ1) is 11.7. The van der Waals surface area contributed by atoms with E-state index in [4.69, 9.17) is 4.74 Å². The Balaban J connectivity index is 1.54. The molecule has 0 radical (unpaired) electrons. The average Bonchev–Trinajstić information content (AvgIpc) is 3.40. The van der Waals surface area contributed by atoms with Gasteiger partial charge in [-0.2, -0.15) is 0 Å². The Bertz CT molecular complexity index is 611. The van der Waals surface area contributed by atoms with Gasteiger partial charge in [-0.1, -0.05) is 6.07 Å². The number of hydrogen-bond acceptors (Lipinski definition) is 4. The van der Waals surface area contributed by atoms with Crippen LogP contribution < -0.4 is 5.32 Å². The minimum absolute atomic E-state index is 0.0130. The molecule has 2 saturated heterocycles. The molecule has 1 aromatic heterocycles. The maximum Gasteiger partial charge on any atom is 0.225 e. The normalized spacial score (nSPS) is 30.4. The van der Waals surface area contributed by atoms with E-state index in [0.717, 1.165) is 37.9 Å². The van der Waals surface area contributed by atoms with Crippen LogP contribution in [0.2, 0.25) is 0 Å². The summed E-state index contributed by atoms with van der Waals surface area (Å²) in [7, 11) is 0. The van der Waals surface area contributed by atoms with E-state index in [-0.39, 0.29) is 29.8 Å². The third-order valence-electron chi connectivity index (χ3n) is 5.19. The molecule has 1 N–H and O–H groups in total. The van der Waals surface area contributed by atoms with Crippen LogP contribution in [0, 0.1) is 5.92 Å². The number of carbonyl (C=O) groups is 2. The molecule has 1 unspecified atom stereocenters. The molecule has 0 spiro atoms.